The largest absolute Gasteiger partial charge is 0.321 e. The molecule has 0 atom stereocenters. The van der Waals surface area contributed by atoms with E-state index >= 15 is 0 Å². The van der Waals surface area contributed by atoms with Gasteiger partial charge in [-0.25, -0.2) is 17.8 Å². The highest BCUT2D eigenvalue weighted by atomic mass is 35.5. The number of nitrogens with zero attached hydrogens (tertiary/aromatic N) is 2. The van der Waals surface area contributed by atoms with Crippen molar-refractivity contribution in [3.05, 3.63) is 47.3 Å². The zero-order chi connectivity index (χ0) is 13.3. The zero-order valence-corrected chi connectivity index (χ0v) is 11.0. The summed E-state index contributed by atoms with van der Waals surface area (Å²) in [6, 6.07) is 5.25. The van der Waals surface area contributed by atoms with Gasteiger partial charge < -0.3 is 4.57 Å². The summed E-state index contributed by atoms with van der Waals surface area (Å²) >= 11 is 5.77. The molecule has 0 amide bonds. The second kappa shape index (κ2) is 4.70. The van der Waals surface area contributed by atoms with Crippen LogP contribution in [-0.2, 0) is 22.6 Å². The molecule has 0 aliphatic heterocycles. The lowest BCUT2D eigenvalue weighted by Gasteiger charge is -2.06. The van der Waals surface area contributed by atoms with Crippen LogP contribution >= 0.6 is 11.6 Å². The Morgan fingerprint density at radius 1 is 1.39 bits per heavy atom. The van der Waals surface area contributed by atoms with E-state index in [-0.39, 0.29) is 10.7 Å². The maximum Gasteiger partial charge on any atom is 0.188 e. The molecular weight excluding hydrogens is 279 g/mol. The number of imidazole rings is 1. The highest BCUT2D eigenvalue weighted by Gasteiger charge is 2.21. The zero-order valence-electron chi connectivity index (χ0n) is 9.47. The molecule has 0 saturated carbocycles. The van der Waals surface area contributed by atoms with Gasteiger partial charge in [-0.3, -0.25) is 0 Å². The number of benzene rings is 1. The summed E-state index contributed by atoms with van der Waals surface area (Å²) in [5.74, 6) is -0.891. The maximum atomic E-state index is 13.5. The van der Waals surface area contributed by atoms with Gasteiger partial charge in [-0.1, -0.05) is 23.7 Å². The van der Waals surface area contributed by atoms with Gasteiger partial charge in [0.1, 0.15) is 27.4 Å². The molecule has 0 fully saturated rings. The summed E-state index contributed by atoms with van der Waals surface area (Å²) in [4.78, 5) is 3.56. The summed E-state index contributed by atoms with van der Waals surface area (Å²) in [6.07, 6.45) is 1.35. The molecule has 0 unspecified atom stereocenters. The van der Waals surface area contributed by atoms with E-state index in [9.17, 15) is 12.8 Å². The third kappa shape index (κ3) is 2.39. The predicted molar refractivity (Wildman–Crippen MR) is 65.5 cm³/mol. The standard InChI is InChI=1S/C11H10ClFN2O2S/c1-15-10(12)6-14-11(15)7-18(16,17)9-5-3-2-4-8(9)13/h2-6H,7H2,1H3. The lowest BCUT2D eigenvalue weighted by atomic mass is 10.3. The van der Waals surface area contributed by atoms with Gasteiger partial charge in [-0.15, -0.1) is 0 Å². The van der Waals surface area contributed by atoms with Crippen molar-refractivity contribution in [2.75, 3.05) is 0 Å². The highest BCUT2D eigenvalue weighted by Crippen LogP contribution is 2.20. The van der Waals surface area contributed by atoms with E-state index in [1.807, 2.05) is 0 Å². The van der Waals surface area contributed by atoms with Crippen LogP contribution < -0.4 is 0 Å². The third-order valence-electron chi connectivity index (χ3n) is 2.52. The molecule has 0 aliphatic rings. The smallest absolute Gasteiger partial charge is 0.188 e. The van der Waals surface area contributed by atoms with Gasteiger partial charge >= 0.3 is 0 Å². The van der Waals surface area contributed by atoms with Crippen molar-refractivity contribution in [3.63, 3.8) is 0 Å². The number of hydrogen-bond acceptors (Lipinski definition) is 3. The van der Waals surface area contributed by atoms with Crippen molar-refractivity contribution in [2.45, 2.75) is 10.6 Å². The molecule has 0 spiro atoms. The fourth-order valence-electron chi connectivity index (χ4n) is 1.50. The molecule has 2 rings (SSSR count). The molecule has 0 aliphatic carbocycles. The summed E-state index contributed by atoms with van der Waals surface area (Å²) in [6.45, 7) is 0. The topological polar surface area (TPSA) is 52.0 Å². The first kappa shape index (κ1) is 13.0. The van der Waals surface area contributed by atoms with Gasteiger partial charge in [-0.2, -0.15) is 0 Å². The van der Waals surface area contributed by atoms with Crippen LogP contribution in [0.2, 0.25) is 5.15 Å². The van der Waals surface area contributed by atoms with Gasteiger partial charge in [0.25, 0.3) is 0 Å². The first-order valence-electron chi connectivity index (χ1n) is 5.05. The van der Waals surface area contributed by atoms with Crippen LogP contribution in [0.5, 0.6) is 0 Å². The summed E-state index contributed by atoms with van der Waals surface area (Å²) < 4.78 is 39.0. The number of halogens is 2. The summed E-state index contributed by atoms with van der Waals surface area (Å²) in [5, 5.41) is 0.328. The minimum atomic E-state index is -3.77. The molecule has 0 saturated heterocycles. The van der Waals surface area contributed by atoms with Crippen molar-refractivity contribution in [2.24, 2.45) is 7.05 Å². The van der Waals surface area contributed by atoms with E-state index in [0.29, 0.717) is 5.15 Å². The van der Waals surface area contributed by atoms with Crippen LogP contribution in [0, 0.1) is 5.82 Å². The maximum absolute atomic E-state index is 13.5. The van der Waals surface area contributed by atoms with E-state index in [2.05, 4.69) is 4.98 Å². The van der Waals surface area contributed by atoms with Crippen molar-refractivity contribution < 1.29 is 12.8 Å². The Morgan fingerprint density at radius 3 is 2.61 bits per heavy atom. The Bertz CT molecular complexity index is 682. The molecule has 18 heavy (non-hydrogen) atoms. The molecule has 4 nitrogen and oxygen atoms in total. The molecule has 0 N–H and O–H groups in total. The lowest BCUT2D eigenvalue weighted by Crippen LogP contribution is -2.11. The minimum Gasteiger partial charge on any atom is -0.321 e. The van der Waals surface area contributed by atoms with Crippen molar-refractivity contribution in [1.29, 1.82) is 0 Å². The minimum absolute atomic E-state index is 0.267. The van der Waals surface area contributed by atoms with E-state index in [4.69, 9.17) is 11.6 Å². The fourth-order valence-corrected chi connectivity index (χ4v) is 3.06. The second-order valence-corrected chi connectivity index (χ2v) is 6.09. The summed E-state index contributed by atoms with van der Waals surface area (Å²) in [7, 11) is -2.17. The van der Waals surface area contributed by atoms with Gasteiger partial charge in [0.15, 0.2) is 9.84 Å². The van der Waals surface area contributed by atoms with Crippen LogP contribution in [0.15, 0.2) is 35.4 Å². The SMILES string of the molecule is Cn1c(Cl)cnc1CS(=O)(=O)c1ccccc1F. The van der Waals surface area contributed by atoms with Gasteiger partial charge in [0.05, 0.1) is 6.20 Å². The monoisotopic (exact) mass is 288 g/mol. The molecule has 1 aromatic heterocycles. The fraction of sp³-hybridized carbons (Fsp3) is 0.182. The average Bonchev–Trinajstić information content (AvgIpc) is 2.61. The van der Waals surface area contributed by atoms with Gasteiger partial charge in [0, 0.05) is 7.05 Å². The molecule has 7 heteroatoms. The Labute approximate surface area is 109 Å². The molecular formula is C11H10ClFN2O2S. The average molecular weight is 289 g/mol. The van der Waals surface area contributed by atoms with Crippen LogP contribution in [0.1, 0.15) is 5.82 Å². The lowest BCUT2D eigenvalue weighted by molar-refractivity contribution is 0.564. The van der Waals surface area contributed by atoms with Crippen molar-refractivity contribution in [3.8, 4) is 0 Å². The van der Waals surface area contributed by atoms with E-state index in [0.717, 1.165) is 6.07 Å². The number of hydrogen-bond donors (Lipinski definition) is 0. The molecule has 2 aromatic rings. The Morgan fingerprint density at radius 2 is 2.06 bits per heavy atom. The van der Waals surface area contributed by atoms with Crippen molar-refractivity contribution >= 4 is 21.4 Å². The van der Waals surface area contributed by atoms with Gasteiger partial charge in [0.2, 0.25) is 0 Å². The number of sulfone groups is 1. The quantitative estimate of drug-likeness (QED) is 0.870. The molecule has 0 radical (unpaired) electrons. The third-order valence-corrected chi connectivity index (χ3v) is 4.51. The highest BCUT2D eigenvalue weighted by molar-refractivity contribution is 7.90. The summed E-state index contributed by atoms with van der Waals surface area (Å²) in [5.41, 5.74) is 0. The van der Waals surface area contributed by atoms with Gasteiger partial charge in [-0.05, 0) is 12.1 Å². The molecule has 96 valence electrons. The van der Waals surface area contributed by atoms with E-state index in [1.165, 1.54) is 29.0 Å². The number of aromatic nitrogens is 2. The number of rotatable bonds is 3. The first-order chi connectivity index (χ1) is 8.42. The van der Waals surface area contributed by atoms with E-state index < -0.39 is 21.4 Å². The Balaban J connectivity index is 2.40. The van der Waals surface area contributed by atoms with Crippen LogP contribution in [0.4, 0.5) is 4.39 Å². The van der Waals surface area contributed by atoms with Crippen molar-refractivity contribution in [1.82, 2.24) is 9.55 Å². The first-order valence-corrected chi connectivity index (χ1v) is 7.08. The Hall–Kier alpha value is -1.40. The van der Waals surface area contributed by atoms with E-state index in [1.54, 1.807) is 7.05 Å². The Kier molecular flexibility index (Phi) is 3.41. The predicted octanol–water partition coefficient (Wildman–Crippen LogP) is 2.19. The molecule has 1 heterocycles. The normalized spacial score (nSPS) is 11.7. The molecule has 0 bridgehead atoms. The second-order valence-electron chi connectivity index (χ2n) is 3.75. The molecule has 1 aromatic carbocycles. The van der Waals surface area contributed by atoms with Crippen LogP contribution in [-0.4, -0.2) is 18.0 Å². The van der Waals surface area contributed by atoms with Crippen LogP contribution in [0.3, 0.4) is 0 Å². The van der Waals surface area contributed by atoms with Crippen LogP contribution in [0.25, 0.3) is 0 Å².